The van der Waals surface area contributed by atoms with Crippen LogP contribution >= 0.6 is 0 Å². The smallest absolute Gasteiger partial charge is 0.172 e. The van der Waals surface area contributed by atoms with Crippen LogP contribution in [0.2, 0.25) is 13.1 Å². The van der Waals surface area contributed by atoms with Gasteiger partial charge in [0.25, 0.3) is 0 Å². The van der Waals surface area contributed by atoms with Gasteiger partial charge in [-0.3, -0.25) is 0 Å². The van der Waals surface area contributed by atoms with E-state index in [0.29, 0.717) is 0 Å². The molecule has 0 fully saturated rings. The predicted octanol–water partition coefficient (Wildman–Crippen LogP) is -3.80. The molecule has 0 spiro atoms. The molecule has 0 heterocycles. The second kappa shape index (κ2) is 13.6. The summed E-state index contributed by atoms with van der Waals surface area (Å²) in [6.07, 6.45) is 0. The van der Waals surface area contributed by atoms with Gasteiger partial charge in [0, 0.05) is 0 Å². The maximum absolute atomic E-state index is 2.31. The Morgan fingerprint density at radius 3 is 1.45 bits per heavy atom. The average Bonchev–Trinajstić information content (AvgIpc) is 2.11. The van der Waals surface area contributed by atoms with E-state index in [4.69, 9.17) is 0 Å². The molecule has 1 aromatic rings. The second-order valence-corrected chi connectivity index (χ2v) is 11.3. The van der Waals surface area contributed by atoms with Crippen molar-refractivity contribution < 1.29 is 48.1 Å². The molecule has 1 aromatic carbocycles. The minimum absolute atomic E-state index is 0. The van der Waals surface area contributed by atoms with Crippen LogP contribution in [-0.4, -0.2) is 5.43 Å². The molecule has 0 aliphatic heterocycles. The van der Waals surface area contributed by atoms with Gasteiger partial charge < -0.3 is 24.8 Å². The molecular weight excluding hydrogens is 274 g/mol. The van der Waals surface area contributed by atoms with E-state index in [0.717, 1.165) is 0 Å². The summed E-state index contributed by atoms with van der Waals surface area (Å²) in [5.41, 5.74) is 0.210. The molecule has 0 N–H and O–H groups in total. The van der Waals surface area contributed by atoms with Crippen LogP contribution in [0.4, 0.5) is 0 Å². The van der Waals surface area contributed by atoms with Crippen molar-refractivity contribution in [1.29, 1.82) is 0 Å². The maximum Gasteiger partial charge on any atom is -0.172 e. The Kier molecular flexibility index (Phi) is 22.2. The van der Waals surface area contributed by atoms with Crippen molar-refractivity contribution in [3.8, 4) is 0 Å². The van der Waals surface area contributed by atoms with Crippen LogP contribution < -0.4 is 24.8 Å². The number of halogens is 2. The Balaban J connectivity index is -0.000000101. The van der Waals surface area contributed by atoms with E-state index in [2.05, 4.69) is 13.1 Å². The van der Waals surface area contributed by atoms with Crippen molar-refractivity contribution in [3.05, 3.63) is 30.3 Å². The van der Waals surface area contributed by atoms with Gasteiger partial charge in [0.15, 0.2) is 0 Å². The van der Waals surface area contributed by atoms with Gasteiger partial charge in [0.05, 0.1) is 0 Å². The topological polar surface area (TPSA) is 0 Å². The van der Waals surface area contributed by atoms with Crippen LogP contribution in [0.3, 0.4) is 0 Å². The van der Waals surface area contributed by atoms with Crippen LogP contribution in [0.25, 0.3) is 0 Å². The van der Waals surface area contributed by atoms with Crippen molar-refractivity contribution >= 4 is 5.43 Å². The molecule has 0 aliphatic carbocycles. The van der Waals surface area contributed by atoms with Gasteiger partial charge in [-0.2, -0.15) is 18.2 Å². The third kappa shape index (κ3) is 24.7. The van der Waals surface area contributed by atoms with Crippen LogP contribution in [-0.2, 0) is 23.3 Å². The molecular formula is C7H11Cl2SiZr-. The van der Waals surface area contributed by atoms with Gasteiger partial charge in [-0.25, -0.2) is 12.1 Å². The Labute approximate surface area is 96.3 Å². The summed E-state index contributed by atoms with van der Waals surface area (Å²) >= 11 is 1.74. The van der Waals surface area contributed by atoms with Crippen LogP contribution in [0.1, 0.15) is 0 Å². The first kappa shape index (κ1) is 17.9. The Hall–Kier alpha value is 1.03. The number of rotatable bonds is 0. The number of hydrogen-bond donors (Lipinski definition) is 0. The summed E-state index contributed by atoms with van der Waals surface area (Å²) in [5.74, 6) is 0. The van der Waals surface area contributed by atoms with Crippen molar-refractivity contribution in [3.63, 3.8) is 0 Å². The van der Waals surface area contributed by atoms with Gasteiger partial charge in [-0.15, -0.1) is 0 Å². The summed E-state index contributed by atoms with van der Waals surface area (Å²) in [4.78, 5) is 0. The van der Waals surface area contributed by atoms with E-state index in [1.807, 2.05) is 30.3 Å². The zero-order valence-electron chi connectivity index (χ0n) is 6.64. The van der Waals surface area contributed by atoms with E-state index in [-0.39, 0.29) is 30.2 Å². The SMILES string of the molecule is C[Si](C)=[Zr+2].[Cl-].[Cl-].c1cc[cH-]c1. The molecule has 0 saturated heterocycles. The molecule has 1 rings (SSSR count). The zero-order valence-corrected chi connectivity index (χ0v) is 11.6. The molecule has 0 unspecified atom stereocenters. The van der Waals surface area contributed by atoms with Crippen LogP contribution in [0.15, 0.2) is 30.3 Å². The summed E-state index contributed by atoms with van der Waals surface area (Å²) in [7, 11) is 0. The fourth-order valence-electron chi connectivity index (χ4n) is 0.321. The van der Waals surface area contributed by atoms with Crippen molar-refractivity contribution in [2.24, 2.45) is 0 Å². The average molecular weight is 285 g/mol. The van der Waals surface area contributed by atoms with Gasteiger partial charge >= 0.3 is 41.9 Å². The van der Waals surface area contributed by atoms with Gasteiger partial charge in [-0.1, -0.05) is 0 Å². The fourth-order valence-corrected chi connectivity index (χ4v) is 0.321. The maximum atomic E-state index is 2.31. The van der Waals surface area contributed by atoms with E-state index in [1.165, 1.54) is 0 Å². The van der Waals surface area contributed by atoms with Crippen LogP contribution in [0.5, 0.6) is 0 Å². The minimum Gasteiger partial charge on any atom is -1.00 e. The van der Waals surface area contributed by atoms with Gasteiger partial charge in [0.2, 0.25) is 0 Å². The Morgan fingerprint density at radius 2 is 1.36 bits per heavy atom. The largest absolute Gasteiger partial charge is 1.00 e. The van der Waals surface area contributed by atoms with E-state index >= 15 is 0 Å². The Bertz CT molecular complexity index is 130. The number of hydrogen-bond acceptors (Lipinski definition) is 0. The summed E-state index contributed by atoms with van der Waals surface area (Å²) < 4.78 is 0. The molecule has 0 aliphatic rings. The zero-order chi connectivity index (χ0) is 7.11. The molecule has 0 saturated carbocycles. The normalized spacial score (nSPS) is 6.18. The van der Waals surface area contributed by atoms with Crippen molar-refractivity contribution in [2.75, 3.05) is 0 Å². The van der Waals surface area contributed by atoms with E-state index in [9.17, 15) is 0 Å². The fraction of sp³-hybridized carbons (Fsp3) is 0.286. The molecule has 0 amide bonds. The van der Waals surface area contributed by atoms with Crippen LogP contribution in [0, 0.1) is 0 Å². The summed E-state index contributed by atoms with van der Waals surface area (Å²) in [6.45, 7) is 4.62. The molecule has 11 heavy (non-hydrogen) atoms. The summed E-state index contributed by atoms with van der Waals surface area (Å²) in [6, 6.07) is 10.0. The quantitative estimate of drug-likeness (QED) is 0.339. The molecule has 0 aromatic heterocycles. The first-order valence-corrected chi connectivity index (χ1v) is 9.10. The predicted molar refractivity (Wildman–Crippen MR) is 39.5 cm³/mol. The minimum atomic E-state index is 0. The monoisotopic (exact) mass is 283 g/mol. The molecule has 4 heteroatoms. The molecule has 0 nitrogen and oxygen atoms in total. The standard InChI is InChI=1S/C5H5.C2H6Si.2ClH.Zr/c1-2-4-5-3-1;1-3-2;;;/h1-5H;1-2H3;2*1H;/q-1;;;;+2/p-2. The second-order valence-electron chi connectivity index (χ2n) is 1.96. The van der Waals surface area contributed by atoms with E-state index in [1.54, 1.807) is 23.3 Å². The molecule has 0 atom stereocenters. The van der Waals surface area contributed by atoms with Crippen molar-refractivity contribution in [1.82, 2.24) is 0 Å². The molecule has 0 bridgehead atoms. The van der Waals surface area contributed by atoms with Gasteiger partial charge in [0.1, 0.15) is 0 Å². The van der Waals surface area contributed by atoms with E-state index < -0.39 is 0 Å². The van der Waals surface area contributed by atoms with Gasteiger partial charge in [-0.05, 0) is 0 Å². The molecule has 0 radical (unpaired) electrons. The van der Waals surface area contributed by atoms with Crippen molar-refractivity contribution in [2.45, 2.75) is 13.1 Å². The third-order valence-electron chi connectivity index (χ3n) is 0.556. The Morgan fingerprint density at radius 1 is 1.09 bits per heavy atom. The first-order valence-electron chi connectivity index (χ1n) is 2.92. The molecule has 62 valence electrons. The first-order chi connectivity index (χ1) is 4.23. The third-order valence-corrected chi connectivity index (χ3v) is 0.556. The summed E-state index contributed by atoms with van der Waals surface area (Å²) in [5, 5.41) is 0.